The standard InChI is InChI=1S/C8H18N2O5S/c11-5-8(6-12,7-13)9-16(14,15)10-3-1-2-4-10/h9,11-13H,1-7H2. The van der Waals surface area contributed by atoms with Gasteiger partial charge in [-0.2, -0.15) is 17.4 Å². The van der Waals surface area contributed by atoms with Crippen molar-refractivity contribution in [2.75, 3.05) is 32.9 Å². The first-order valence-corrected chi connectivity index (χ1v) is 6.55. The molecule has 1 heterocycles. The molecule has 7 nitrogen and oxygen atoms in total. The lowest BCUT2D eigenvalue weighted by Crippen LogP contribution is -2.59. The SMILES string of the molecule is O=S(=O)(NC(CO)(CO)CO)N1CCCC1. The second-order valence-electron chi connectivity index (χ2n) is 3.97. The van der Waals surface area contributed by atoms with Gasteiger partial charge < -0.3 is 15.3 Å². The van der Waals surface area contributed by atoms with Crippen molar-refractivity contribution < 1.29 is 23.7 Å². The van der Waals surface area contributed by atoms with Crippen LogP contribution in [0.3, 0.4) is 0 Å². The van der Waals surface area contributed by atoms with E-state index in [0.717, 1.165) is 12.8 Å². The molecule has 96 valence electrons. The van der Waals surface area contributed by atoms with E-state index in [1.54, 1.807) is 0 Å². The van der Waals surface area contributed by atoms with Crippen molar-refractivity contribution in [3.63, 3.8) is 0 Å². The van der Waals surface area contributed by atoms with Gasteiger partial charge in [-0.3, -0.25) is 0 Å². The summed E-state index contributed by atoms with van der Waals surface area (Å²) in [5, 5.41) is 27.1. The van der Waals surface area contributed by atoms with E-state index in [9.17, 15) is 8.42 Å². The summed E-state index contributed by atoms with van der Waals surface area (Å²) in [5.74, 6) is 0. The van der Waals surface area contributed by atoms with Crippen LogP contribution >= 0.6 is 0 Å². The van der Waals surface area contributed by atoms with Crippen LogP contribution in [-0.4, -0.2) is 66.5 Å². The van der Waals surface area contributed by atoms with E-state index in [-0.39, 0.29) is 0 Å². The molecule has 1 aliphatic rings. The zero-order valence-electron chi connectivity index (χ0n) is 8.96. The molecule has 0 aromatic carbocycles. The molecule has 0 atom stereocenters. The molecule has 0 bridgehead atoms. The number of nitrogens with one attached hydrogen (secondary N) is 1. The molecule has 0 aliphatic carbocycles. The van der Waals surface area contributed by atoms with E-state index in [1.165, 1.54) is 4.31 Å². The molecule has 0 spiro atoms. The maximum absolute atomic E-state index is 11.8. The summed E-state index contributed by atoms with van der Waals surface area (Å²) in [5.41, 5.74) is -1.60. The van der Waals surface area contributed by atoms with Gasteiger partial charge in [0.15, 0.2) is 0 Å². The van der Waals surface area contributed by atoms with Crippen LogP contribution in [0.4, 0.5) is 0 Å². The topological polar surface area (TPSA) is 110 Å². The van der Waals surface area contributed by atoms with Crippen LogP contribution in [0.1, 0.15) is 12.8 Å². The van der Waals surface area contributed by atoms with Crippen molar-refractivity contribution in [2.45, 2.75) is 18.4 Å². The molecule has 1 saturated heterocycles. The molecule has 16 heavy (non-hydrogen) atoms. The predicted octanol–water partition coefficient (Wildman–Crippen LogP) is -2.37. The summed E-state index contributed by atoms with van der Waals surface area (Å²) in [7, 11) is -3.75. The Morgan fingerprint density at radius 3 is 1.88 bits per heavy atom. The Balaban J connectivity index is 2.76. The van der Waals surface area contributed by atoms with Gasteiger partial charge >= 0.3 is 0 Å². The third kappa shape index (κ3) is 2.90. The Morgan fingerprint density at radius 1 is 1.06 bits per heavy atom. The third-order valence-electron chi connectivity index (χ3n) is 2.66. The van der Waals surface area contributed by atoms with Crippen molar-refractivity contribution in [1.82, 2.24) is 9.03 Å². The van der Waals surface area contributed by atoms with E-state index in [2.05, 4.69) is 4.72 Å². The van der Waals surface area contributed by atoms with Crippen LogP contribution in [-0.2, 0) is 10.2 Å². The molecule has 8 heteroatoms. The third-order valence-corrected chi connectivity index (χ3v) is 4.39. The summed E-state index contributed by atoms with van der Waals surface area (Å²) in [4.78, 5) is 0. The first-order valence-electron chi connectivity index (χ1n) is 5.11. The van der Waals surface area contributed by atoms with Gasteiger partial charge in [0, 0.05) is 13.1 Å². The maximum Gasteiger partial charge on any atom is 0.280 e. The lowest BCUT2D eigenvalue weighted by molar-refractivity contribution is 0.0571. The van der Waals surface area contributed by atoms with Gasteiger partial charge in [-0.1, -0.05) is 0 Å². The molecule has 0 aromatic rings. The fourth-order valence-corrected chi connectivity index (χ4v) is 3.12. The predicted molar refractivity (Wildman–Crippen MR) is 56.9 cm³/mol. The lowest BCUT2D eigenvalue weighted by Gasteiger charge is -2.30. The Labute approximate surface area is 94.9 Å². The minimum atomic E-state index is -3.75. The lowest BCUT2D eigenvalue weighted by atomic mass is 10.1. The maximum atomic E-state index is 11.8. The molecular weight excluding hydrogens is 236 g/mol. The van der Waals surface area contributed by atoms with Crippen LogP contribution in [0.25, 0.3) is 0 Å². The van der Waals surface area contributed by atoms with Crippen LogP contribution in [0.15, 0.2) is 0 Å². The van der Waals surface area contributed by atoms with E-state index >= 15 is 0 Å². The number of aliphatic hydroxyl groups is 3. The highest BCUT2D eigenvalue weighted by atomic mass is 32.2. The molecule has 1 fully saturated rings. The van der Waals surface area contributed by atoms with Gasteiger partial charge in [-0.25, -0.2) is 0 Å². The minimum absolute atomic E-state index is 0.424. The highest BCUT2D eigenvalue weighted by Crippen LogP contribution is 2.14. The Bertz CT molecular complexity index is 300. The van der Waals surface area contributed by atoms with Crippen LogP contribution in [0.5, 0.6) is 0 Å². The number of aliphatic hydroxyl groups excluding tert-OH is 3. The molecule has 0 aromatic heterocycles. The Hall–Kier alpha value is -0.250. The van der Waals surface area contributed by atoms with E-state index in [4.69, 9.17) is 15.3 Å². The zero-order valence-corrected chi connectivity index (χ0v) is 9.78. The van der Waals surface area contributed by atoms with E-state index in [1.807, 2.05) is 0 Å². The van der Waals surface area contributed by atoms with Gasteiger partial charge in [0.05, 0.1) is 19.8 Å². The van der Waals surface area contributed by atoms with Gasteiger partial charge in [-0.15, -0.1) is 0 Å². The molecule has 1 rings (SSSR count). The molecule has 0 radical (unpaired) electrons. The summed E-state index contributed by atoms with van der Waals surface area (Å²) < 4.78 is 27.0. The van der Waals surface area contributed by atoms with Gasteiger partial charge in [-0.05, 0) is 12.8 Å². The highest BCUT2D eigenvalue weighted by molar-refractivity contribution is 7.87. The van der Waals surface area contributed by atoms with Crippen LogP contribution < -0.4 is 4.72 Å². The fourth-order valence-electron chi connectivity index (χ4n) is 1.51. The molecule has 0 unspecified atom stereocenters. The number of hydrogen-bond acceptors (Lipinski definition) is 5. The second kappa shape index (κ2) is 5.39. The molecule has 0 saturated carbocycles. The molecule has 1 aliphatic heterocycles. The summed E-state index contributed by atoms with van der Waals surface area (Å²) in [6.07, 6.45) is 1.59. The van der Waals surface area contributed by atoms with E-state index < -0.39 is 35.6 Å². The monoisotopic (exact) mass is 254 g/mol. The normalized spacial score (nSPS) is 19.2. The Morgan fingerprint density at radius 2 is 1.50 bits per heavy atom. The zero-order chi connectivity index (χ0) is 12.2. The molecular formula is C8H18N2O5S. The average molecular weight is 254 g/mol. The highest BCUT2D eigenvalue weighted by Gasteiger charge is 2.36. The summed E-state index contributed by atoms with van der Waals surface area (Å²) >= 11 is 0. The van der Waals surface area contributed by atoms with Crippen molar-refractivity contribution >= 4 is 10.2 Å². The first-order chi connectivity index (χ1) is 7.49. The van der Waals surface area contributed by atoms with E-state index in [0.29, 0.717) is 13.1 Å². The number of hydrogen-bond donors (Lipinski definition) is 4. The summed E-state index contributed by atoms with van der Waals surface area (Å²) in [6, 6.07) is 0. The quantitative estimate of drug-likeness (QED) is 0.423. The second-order valence-corrected chi connectivity index (χ2v) is 5.64. The van der Waals surface area contributed by atoms with Crippen molar-refractivity contribution in [3.8, 4) is 0 Å². The largest absolute Gasteiger partial charge is 0.394 e. The molecule has 0 amide bonds. The Kier molecular flexibility index (Phi) is 4.65. The smallest absolute Gasteiger partial charge is 0.280 e. The van der Waals surface area contributed by atoms with Crippen LogP contribution in [0.2, 0.25) is 0 Å². The van der Waals surface area contributed by atoms with Gasteiger partial charge in [0.1, 0.15) is 5.54 Å². The van der Waals surface area contributed by atoms with Crippen molar-refractivity contribution in [1.29, 1.82) is 0 Å². The number of nitrogens with zero attached hydrogens (tertiary/aromatic N) is 1. The van der Waals surface area contributed by atoms with Crippen molar-refractivity contribution in [2.24, 2.45) is 0 Å². The minimum Gasteiger partial charge on any atom is -0.394 e. The number of rotatable bonds is 6. The van der Waals surface area contributed by atoms with Gasteiger partial charge in [0.2, 0.25) is 0 Å². The molecule has 4 N–H and O–H groups in total. The summed E-state index contributed by atoms with van der Waals surface area (Å²) in [6.45, 7) is -1.13. The van der Waals surface area contributed by atoms with Crippen molar-refractivity contribution in [3.05, 3.63) is 0 Å². The van der Waals surface area contributed by atoms with Crippen LogP contribution in [0, 0.1) is 0 Å². The fraction of sp³-hybridized carbons (Fsp3) is 1.00. The van der Waals surface area contributed by atoms with Gasteiger partial charge in [0.25, 0.3) is 10.2 Å². The average Bonchev–Trinajstić information content (AvgIpc) is 2.80. The first kappa shape index (κ1) is 13.8.